The molecule has 0 radical (unpaired) electrons. The van der Waals surface area contributed by atoms with Gasteiger partial charge < -0.3 is 0 Å². The van der Waals surface area contributed by atoms with E-state index in [4.69, 9.17) is 11.6 Å². The Morgan fingerprint density at radius 3 is 2.74 bits per heavy atom. The van der Waals surface area contributed by atoms with Gasteiger partial charge in [0.2, 0.25) is 0 Å². The molecule has 0 fully saturated rings. The molecule has 0 aliphatic rings. The fraction of sp³-hybridized carbons (Fsp3) is 0.154. The lowest BCUT2D eigenvalue weighted by molar-refractivity contribution is -0.141. The quantitative estimate of drug-likeness (QED) is 0.727. The summed E-state index contributed by atoms with van der Waals surface area (Å²) in [6.07, 6.45) is -4.69. The van der Waals surface area contributed by atoms with Crippen LogP contribution in [0, 0.1) is 0 Å². The van der Waals surface area contributed by atoms with E-state index in [1.165, 1.54) is 11.8 Å². The van der Waals surface area contributed by atoms with Gasteiger partial charge in [0, 0.05) is 16.8 Å². The summed E-state index contributed by atoms with van der Waals surface area (Å²) in [5.74, 6) is 0.166. The van der Waals surface area contributed by atoms with Crippen LogP contribution in [0.5, 0.6) is 0 Å². The fourth-order valence-electron chi connectivity index (χ4n) is 1.85. The van der Waals surface area contributed by atoms with Crippen LogP contribution in [-0.4, -0.2) is 19.6 Å². The number of thioether (sulfide) groups is 1. The van der Waals surface area contributed by atoms with E-state index < -0.39 is 17.4 Å². The highest BCUT2D eigenvalue weighted by Gasteiger charge is 2.33. The highest BCUT2D eigenvalue weighted by atomic mass is 35.5. The van der Waals surface area contributed by atoms with E-state index >= 15 is 0 Å². The van der Waals surface area contributed by atoms with Gasteiger partial charge in [0.15, 0.2) is 10.9 Å². The van der Waals surface area contributed by atoms with Gasteiger partial charge in [0.25, 0.3) is 11.3 Å². The van der Waals surface area contributed by atoms with Crippen LogP contribution in [0.2, 0.25) is 5.02 Å². The summed E-state index contributed by atoms with van der Waals surface area (Å²) < 4.78 is 38.8. The minimum absolute atomic E-state index is 0.286. The average Bonchev–Trinajstić information content (AvgIpc) is 2.88. The molecule has 0 bridgehead atoms. The predicted octanol–water partition coefficient (Wildman–Crippen LogP) is 3.38. The molecule has 3 aromatic rings. The Labute approximate surface area is 136 Å². The van der Waals surface area contributed by atoms with Crippen molar-refractivity contribution in [2.24, 2.45) is 0 Å². The van der Waals surface area contributed by atoms with Crippen LogP contribution in [0.1, 0.15) is 11.3 Å². The maximum absolute atomic E-state index is 12.6. The zero-order chi connectivity index (χ0) is 16.6. The summed E-state index contributed by atoms with van der Waals surface area (Å²) in [4.78, 5) is 19.0. The molecule has 1 N–H and O–H groups in total. The number of hydrogen-bond acceptors (Lipinski definition) is 4. The second-order valence-electron chi connectivity index (χ2n) is 4.56. The minimum Gasteiger partial charge on any atom is -0.267 e. The average molecular weight is 361 g/mol. The van der Waals surface area contributed by atoms with Gasteiger partial charge in [-0.15, -0.1) is 0 Å². The monoisotopic (exact) mass is 360 g/mol. The highest BCUT2D eigenvalue weighted by Crippen LogP contribution is 2.27. The van der Waals surface area contributed by atoms with Crippen LogP contribution in [0.4, 0.5) is 13.2 Å². The van der Waals surface area contributed by atoms with Crippen molar-refractivity contribution in [2.75, 3.05) is 0 Å². The maximum atomic E-state index is 12.6. The van der Waals surface area contributed by atoms with Gasteiger partial charge in [-0.2, -0.15) is 22.7 Å². The molecule has 5 nitrogen and oxygen atoms in total. The van der Waals surface area contributed by atoms with Gasteiger partial charge in [-0.3, -0.25) is 9.89 Å². The second-order valence-corrected chi connectivity index (χ2v) is 5.96. The number of H-pyrrole nitrogens is 1. The van der Waals surface area contributed by atoms with Gasteiger partial charge >= 0.3 is 6.18 Å². The number of rotatable bonds is 3. The Hall–Kier alpha value is -2.00. The van der Waals surface area contributed by atoms with Crippen molar-refractivity contribution < 1.29 is 13.2 Å². The third-order valence-electron chi connectivity index (χ3n) is 2.87. The summed E-state index contributed by atoms with van der Waals surface area (Å²) in [6, 6.07) is 7.57. The van der Waals surface area contributed by atoms with Crippen LogP contribution in [0.15, 0.2) is 40.3 Å². The van der Waals surface area contributed by atoms with Gasteiger partial charge in [0.05, 0.1) is 0 Å². The van der Waals surface area contributed by atoms with Gasteiger partial charge in [-0.25, -0.2) is 4.98 Å². The zero-order valence-electron chi connectivity index (χ0n) is 11.3. The molecule has 23 heavy (non-hydrogen) atoms. The Balaban J connectivity index is 1.88. The molecule has 120 valence electrons. The lowest BCUT2D eigenvalue weighted by Crippen LogP contribution is -2.20. The first-order valence-corrected chi connectivity index (χ1v) is 7.63. The summed E-state index contributed by atoms with van der Waals surface area (Å²) in [6.45, 7) is 0. The summed E-state index contributed by atoms with van der Waals surface area (Å²) in [5.41, 5.74) is -1.22. The standard InChI is InChI=1S/C13H8ClF3N4OS/c14-8-3-1-2-7(4-8)6-23-12-19-11-18-9(13(15,16)17)5-10(22)21(11)20-12/h1-5H,6H2,(H,18,19,20). The highest BCUT2D eigenvalue weighted by molar-refractivity contribution is 7.98. The first-order valence-electron chi connectivity index (χ1n) is 6.27. The third kappa shape index (κ3) is 3.50. The summed E-state index contributed by atoms with van der Waals surface area (Å²) in [5, 5.41) is 3.49. The molecule has 0 spiro atoms. The van der Waals surface area contributed by atoms with Gasteiger partial charge in [-0.1, -0.05) is 35.5 Å². The largest absolute Gasteiger partial charge is 0.433 e. The smallest absolute Gasteiger partial charge is 0.267 e. The number of aromatic nitrogens is 4. The molecule has 3 rings (SSSR count). The SMILES string of the molecule is O=c1cc(C(F)(F)F)nc2nc(SCc3cccc(Cl)c3)[nH]n12. The van der Waals surface area contributed by atoms with E-state index in [0.29, 0.717) is 16.8 Å². The summed E-state index contributed by atoms with van der Waals surface area (Å²) in [7, 11) is 0. The summed E-state index contributed by atoms with van der Waals surface area (Å²) >= 11 is 7.10. The molecule has 2 heterocycles. The van der Waals surface area contributed by atoms with Crippen LogP contribution >= 0.6 is 23.4 Å². The Morgan fingerprint density at radius 1 is 1.26 bits per heavy atom. The van der Waals surface area contributed by atoms with Crippen LogP contribution in [-0.2, 0) is 11.9 Å². The van der Waals surface area contributed by atoms with Crippen molar-refractivity contribution >= 4 is 29.1 Å². The van der Waals surface area contributed by atoms with E-state index in [1.54, 1.807) is 18.2 Å². The van der Waals surface area contributed by atoms with Crippen LogP contribution < -0.4 is 5.56 Å². The van der Waals surface area contributed by atoms with Crippen molar-refractivity contribution in [1.82, 2.24) is 19.6 Å². The van der Waals surface area contributed by atoms with E-state index in [1.807, 2.05) is 6.07 Å². The van der Waals surface area contributed by atoms with Crippen LogP contribution in [0.25, 0.3) is 5.78 Å². The number of nitrogens with zero attached hydrogens (tertiary/aromatic N) is 3. The molecule has 0 saturated heterocycles. The van der Waals surface area contributed by atoms with E-state index in [2.05, 4.69) is 15.1 Å². The number of aromatic amines is 1. The van der Waals surface area contributed by atoms with Crippen molar-refractivity contribution in [2.45, 2.75) is 17.1 Å². The molecule has 10 heteroatoms. The second kappa shape index (κ2) is 5.89. The topological polar surface area (TPSA) is 63.0 Å². The number of halogens is 4. The first-order chi connectivity index (χ1) is 10.8. The zero-order valence-corrected chi connectivity index (χ0v) is 12.8. The number of benzene rings is 1. The van der Waals surface area contributed by atoms with E-state index in [9.17, 15) is 18.0 Å². The van der Waals surface area contributed by atoms with Gasteiger partial charge in [0.1, 0.15) is 0 Å². The fourth-order valence-corrected chi connectivity index (χ4v) is 2.85. The van der Waals surface area contributed by atoms with Crippen molar-refractivity contribution in [3.63, 3.8) is 0 Å². The number of hydrogen-bond donors (Lipinski definition) is 1. The minimum atomic E-state index is -4.69. The number of fused-ring (bicyclic) bond motifs is 1. The van der Waals surface area contributed by atoms with Gasteiger partial charge in [-0.05, 0) is 17.7 Å². The normalized spacial score (nSPS) is 12.0. The molecule has 0 amide bonds. The Bertz CT molecular complexity index is 921. The predicted molar refractivity (Wildman–Crippen MR) is 79.6 cm³/mol. The molecule has 0 aliphatic carbocycles. The lowest BCUT2D eigenvalue weighted by atomic mass is 10.2. The molecule has 0 saturated carbocycles. The molecule has 2 aromatic heterocycles. The van der Waals surface area contributed by atoms with E-state index in [-0.39, 0.29) is 10.9 Å². The molecule has 0 aliphatic heterocycles. The molecule has 0 atom stereocenters. The number of nitrogens with one attached hydrogen (secondary N) is 1. The molecular formula is C13H8ClF3N4OS. The maximum Gasteiger partial charge on any atom is 0.433 e. The number of alkyl halides is 3. The Kier molecular flexibility index (Phi) is 4.07. The molecular weight excluding hydrogens is 353 g/mol. The van der Waals surface area contributed by atoms with E-state index in [0.717, 1.165) is 10.1 Å². The van der Waals surface area contributed by atoms with Crippen molar-refractivity contribution in [3.8, 4) is 0 Å². The van der Waals surface area contributed by atoms with Crippen molar-refractivity contribution in [1.29, 1.82) is 0 Å². The Morgan fingerprint density at radius 2 is 2.04 bits per heavy atom. The van der Waals surface area contributed by atoms with Crippen molar-refractivity contribution in [3.05, 3.63) is 57.0 Å². The molecule has 1 aromatic carbocycles. The lowest BCUT2D eigenvalue weighted by Gasteiger charge is -2.03. The van der Waals surface area contributed by atoms with Crippen LogP contribution in [0.3, 0.4) is 0 Å². The molecule has 0 unspecified atom stereocenters. The third-order valence-corrected chi connectivity index (χ3v) is 4.03. The first kappa shape index (κ1) is 15.9.